The van der Waals surface area contributed by atoms with E-state index >= 15 is 0 Å². The summed E-state index contributed by atoms with van der Waals surface area (Å²) in [4.78, 5) is 11.1. The SMILES string of the molecule is CCOC(=O)C(N)CSCCOCC(F)(F)F. The van der Waals surface area contributed by atoms with E-state index in [1.807, 2.05) is 0 Å². The van der Waals surface area contributed by atoms with Gasteiger partial charge in [0.2, 0.25) is 0 Å². The molecule has 8 heteroatoms. The topological polar surface area (TPSA) is 61.5 Å². The molecule has 0 saturated heterocycles. The van der Waals surface area contributed by atoms with Gasteiger partial charge in [0.15, 0.2) is 0 Å². The molecule has 0 aliphatic carbocycles. The van der Waals surface area contributed by atoms with Crippen LogP contribution in [0.25, 0.3) is 0 Å². The minimum absolute atomic E-state index is 0.0281. The van der Waals surface area contributed by atoms with Crippen molar-refractivity contribution < 1.29 is 27.4 Å². The molecule has 2 N–H and O–H groups in total. The lowest BCUT2D eigenvalue weighted by Crippen LogP contribution is -2.34. The van der Waals surface area contributed by atoms with Gasteiger partial charge in [-0.2, -0.15) is 24.9 Å². The third-order valence-electron chi connectivity index (χ3n) is 1.52. The normalized spacial score (nSPS) is 13.5. The Morgan fingerprint density at radius 1 is 1.47 bits per heavy atom. The molecule has 17 heavy (non-hydrogen) atoms. The van der Waals surface area contributed by atoms with Crippen LogP contribution in [0.1, 0.15) is 6.92 Å². The fourth-order valence-electron chi connectivity index (χ4n) is 0.833. The molecule has 0 spiro atoms. The first-order chi connectivity index (χ1) is 7.87. The minimum Gasteiger partial charge on any atom is -0.465 e. The third kappa shape index (κ3) is 10.4. The van der Waals surface area contributed by atoms with Crippen molar-refractivity contribution in [2.24, 2.45) is 5.73 Å². The Hall–Kier alpha value is -0.470. The maximum absolute atomic E-state index is 11.7. The fourth-order valence-corrected chi connectivity index (χ4v) is 1.63. The number of halogens is 3. The molecule has 0 bridgehead atoms. The van der Waals surface area contributed by atoms with Crippen LogP contribution in [0.15, 0.2) is 0 Å². The summed E-state index contributed by atoms with van der Waals surface area (Å²) in [7, 11) is 0. The van der Waals surface area contributed by atoms with Crippen LogP contribution >= 0.6 is 11.8 Å². The first-order valence-corrected chi connectivity index (χ1v) is 6.16. The van der Waals surface area contributed by atoms with Gasteiger partial charge < -0.3 is 15.2 Å². The standard InChI is InChI=1S/C9H16F3NO3S/c1-2-16-8(14)7(13)5-17-4-3-15-6-9(10,11)12/h7H,2-6,13H2,1H3. The van der Waals surface area contributed by atoms with Crippen LogP contribution in [0.3, 0.4) is 0 Å². The third-order valence-corrected chi connectivity index (χ3v) is 2.57. The molecular formula is C9H16F3NO3S. The van der Waals surface area contributed by atoms with E-state index in [1.54, 1.807) is 6.92 Å². The number of hydrogen-bond acceptors (Lipinski definition) is 5. The van der Waals surface area contributed by atoms with Crippen molar-refractivity contribution in [1.82, 2.24) is 0 Å². The highest BCUT2D eigenvalue weighted by atomic mass is 32.2. The van der Waals surface area contributed by atoms with E-state index in [2.05, 4.69) is 9.47 Å². The lowest BCUT2D eigenvalue weighted by molar-refractivity contribution is -0.172. The number of alkyl halides is 3. The van der Waals surface area contributed by atoms with Gasteiger partial charge in [-0.05, 0) is 6.92 Å². The number of nitrogens with two attached hydrogens (primary N) is 1. The van der Waals surface area contributed by atoms with E-state index in [9.17, 15) is 18.0 Å². The number of esters is 1. The largest absolute Gasteiger partial charge is 0.465 e. The maximum Gasteiger partial charge on any atom is 0.411 e. The van der Waals surface area contributed by atoms with Gasteiger partial charge in [-0.25, -0.2) is 0 Å². The Morgan fingerprint density at radius 2 is 2.12 bits per heavy atom. The molecule has 102 valence electrons. The van der Waals surface area contributed by atoms with Gasteiger partial charge in [0, 0.05) is 11.5 Å². The van der Waals surface area contributed by atoms with Crippen molar-refractivity contribution in [3.05, 3.63) is 0 Å². The molecule has 0 aliphatic rings. The summed E-state index contributed by atoms with van der Waals surface area (Å²) in [5.74, 6) is 0.147. The van der Waals surface area contributed by atoms with Crippen LogP contribution in [-0.4, -0.2) is 49.5 Å². The minimum atomic E-state index is -4.30. The van der Waals surface area contributed by atoms with Gasteiger partial charge in [-0.15, -0.1) is 0 Å². The highest BCUT2D eigenvalue weighted by Gasteiger charge is 2.27. The van der Waals surface area contributed by atoms with E-state index in [4.69, 9.17) is 5.73 Å². The summed E-state index contributed by atoms with van der Waals surface area (Å²) in [5.41, 5.74) is 5.47. The van der Waals surface area contributed by atoms with Crippen LogP contribution < -0.4 is 5.73 Å². The molecule has 0 aromatic heterocycles. The molecule has 0 aliphatic heterocycles. The quantitative estimate of drug-likeness (QED) is 0.532. The summed E-state index contributed by atoms with van der Waals surface area (Å²) in [5, 5.41) is 0. The van der Waals surface area contributed by atoms with E-state index in [0.29, 0.717) is 11.5 Å². The Morgan fingerprint density at radius 3 is 2.65 bits per heavy atom. The second kappa shape index (κ2) is 8.60. The molecule has 0 aromatic carbocycles. The first kappa shape index (κ1) is 16.5. The molecule has 4 nitrogen and oxygen atoms in total. The molecule has 1 atom stereocenters. The lowest BCUT2D eigenvalue weighted by Gasteiger charge is -2.10. The van der Waals surface area contributed by atoms with Crippen molar-refractivity contribution in [2.45, 2.75) is 19.1 Å². The van der Waals surface area contributed by atoms with Gasteiger partial charge >= 0.3 is 12.1 Å². The van der Waals surface area contributed by atoms with E-state index in [0.717, 1.165) is 0 Å². The average Bonchev–Trinajstić information content (AvgIpc) is 2.21. The van der Waals surface area contributed by atoms with Gasteiger partial charge in [-0.1, -0.05) is 0 Å². The van der Waals surface area contributed by atoms with Crippen molar-refractivity contribution in [3.8, 4) is 0 Å². The Balaban J connectivity index is 3.42. The average molecular weight is 275 g/mol. The van der Waals surface area contributed by atoms with Crippen molar-refractivity contribution >= 4 is 17.7 Å². The number of carbonyl (C=O) groups excluding carboxylic acids is 1. The summed E-state index contributed by atoms with van der Waals surface area (Å²) in [6, 6.07) is -0.748. The predicted octanol–water partition coefficient (Wildman–Crippen LogP) is 1.19. The zero-order valence-corrected chi connectivity index (χ0v) is 10.3. The monoisotopic (exact) mass is 275 g/mol. The van der Waals surface area contributed by atoms with E-state index in [1.165, 1.54) is 11.8 Å². The Kier molecular flexibility index (Phi) is 8.36. The molecular weight excluding hydrogens is 259 g/mol. The van der Waals surface area contributed by atoms with Crippen LogP contribution in [0, 0.1) is 0 Å². The highest BCUT2D eigenvalue weighted by molar-refractivity contribution is 7.99. The van der Waals surface area contributed by atoms with Crippen molar-refractivity contribution in [3.63, 3.8) is 0 Å². The smallest absolute Gasteiger partial charge is 0.411 e. The molecule has 1 unspecified atom stereocenters. The zero-order chi connectivity index (χ0) is 13.3. The Bertz CT molecular complexity index is 226. The molecule has 0 aromatic rings. The summed E-state index contributed by atoms with van der Waals surface area (Å²) in [6.45, 7) is 0.645. The van der Waals surface area contributed by atoms with Crippen molar-refractivity contribution in [2.75, 3.05) is 31.3 Å². The summed E-state index contributed by atoms with van der Waals surface area (Å²) >= 11 is 1.25. The number of rotatable bonds is 8. The molecule has 0 heterocycles. The predicted molar refractivity (Wildman–Crippen MR) is 58.8 cm³/mol. The Labute approximate surface area is 102 Å². The summed E-state index contributed by atoms with van der Waals surface area (Å²) in [6.07, 6.45) is -4.30. The second-order valence-electron chi connectivity index (χ2n) is 3.10. The number of thioether (sulfide) groups is 1. The highest BCUT2D eigenvalue weighted by Crippen LogP contribution is 2.14. The van der Waals surface area contributed by atoms with E-state index in [-0.39, 0.29) is 13.2 Å². The van der Waals surface area contributed by atoms with Gasteiger partial charge in [0.05, 0.1) is 13.2 Å². The van der Waals surface area contributed by atoms with Gasteiger partial charge in [-0.3, -0.25) is 4.79 Å². The second-order valence-corrected chi connectivity index (χ2v) is 4.25. The molecule has 0 radical (unpaired) electrons. The first-order valence-electron chi connectivity index (χ1n) is 5.01. The van der Waals surface area contributed by atoms with E-state index < -0.39 is 24.8 Å². The van der Waals surface area contributed by atoms with Gasteiger partial charge in [0.1, 0.15) is 12.6 Å². The van der Waals surface area contributed by atoms with Crippen LogP contribution in [-0.2, 0) is 14.3 Å². The number of ether oxygens (including phenoxy) is 2. The van der Waals surface area contributed by atoms with Crippen LogP contribution in [0.5, 0.6) is 0 Å². The van der Waals surface area contributed by atoms with Crippen LogP contribution in [0.2, 0.25) is 0 Å². The van der Waals surface area contributed by atoms with Crippen molar-refractivity contribution in [1.29, 1.82) is 0 Å². The van der Waals surface area contributed by atoms with Gasteiger partial charge in [0.25, 0.3) is 0 Å². The zero-order valence-electron chi connectivity index (χ0n) is 9.46. The molecule has 0 rings (SSSR count). The molecule has 0 amide bonds. The van der Waals surface area contributed by atoms with Crippen LogP contribution in [0.4, 0.5) is 13.2 Å². The number of hydrogen-bond donors (Lipinski definition) is 1. The molecule has 0 saturated carbocycles. The molecule has 0 fully saturated rings. The maximum atomic E-state index is 11.7. The number of carbonyl (C=O) groups is 1. The fraction of sp³-hybridized carbons (Fsp3) is 0.889. The lowest BCUT2D eigenvalue weighted by atomic mass is 10.4. The summed E-state index contributed by atoms with van der Waals surface area (Å²) < 4.78 is 44.1.